The van der Waals surface area contributed by atoms with Crippen LogP contribution in [0.4, 0.5) is 5.69 Å². The zero-order valence-electron chi connectivity index (χ0n) is 12.0. The second kappa shape index (κ2) is 5.81. The molecule has 112 valence electrons. The Morgan fingerprint density at radius 2 is 1.82 bits per heavy atom. The maximum atomic E-state index is 12.1. The average Bonchev–Trinajstić information content (AvgIpc) is 2.74. The van der Waals surface area contributed by atoms with Crippen molar-refractivity contribution in [3.63, 3.8) is 0 Å². The number of ether oxygens (including phenoxy) is 1. The second-order valence-corrected chi connectivity index (χ2v) is 5.55. The summed E-state index contributed by atoms with van der Waals surface area (Å²) in [5, 5.41) is 0.636. The van der Waals surface area contributed by atoms with Gasteiger partial charge in [-0.1, -0.05) is 23.2 Å². The van der Waals surface area contributed by atoms with Crippen LogP contribution >= 0.6 is 11.6 Å². The highest BCUT2D eigenvalue weighted by Crippen LogP contribution is 2.29. The van der Waals surface area contributed by atoms with Crippen LogP contribution in [0, 0.1) is 6.92 Å². The summed E-state index contributed by atoms with van der Waals surface area (Å²) in [4.78, 5) is 25.5. The van der Waals surface area contributed by atoms with Gasteiger partial charge in [-0.2, -0.15) is 0 Å². The van der Waals surface area contributed by atoms with E-state index in [0.29, 0.717) is 35.2 Å². The van der Waals surface area contributed by atoms with Crippen molar-refractivity contribution >= 4 is 29.0 Å². The van der Waals surface area contributed by atoms with Gasteiger partial charge in [0.2, 0.25) is 0 Å². The van der Waals surface area contributed by atoms with Crippen molar-refractivity contribution in [3.8, 4) is 5.75 Å². The van der Waals surface area contributed by atoms with Crippen LogP contribution in [0.2, 0.25) is 5.02 Å². The summed E-state index contributed by atoms with van der Waals surface area (Å²) in [5.74, 6) is -0.281. The molecule has 5 heteroatoms. The summed E-state index contributed by atoms with van der Waals surface area (Å²) in [7, 11) is 0. The Morgan fingerprint density at radius 3 is 2.55 bits per heavy atom. The van der Waals surface area contributed by atoms with E-state index in [1.165, 1.54) is 4.90 Å². The van der Waals surface area contributed by atoms with Gasteiger partial charge in [-0.3, -0.25) is 9.59 Å². The molecule has 2 aromatic carbocycles. The van der Waals surface area contributed by atoms with Crippen molar-refractivity contribution in [1.82, 2.24) is 0 Å². The Kier molecular flexibility index (Phi) is 3.86. The zero-order chi connectivity index (χ0) is 15.7. The number of Topliss-reactive ketones (excluding diaryl/α,β-unsaturated/α-hetero) is 1. The van der Waals surface area contributed by atoms with Crippen LogP contribution in [-0.4, -0.2) is 24.8 Å². The lowest BCUT2D eigenvalue weighted by atomic mass is 10.1. The molecule has 0 aliphatic carbocycles. The van der Waals surface area contributed by atoms with Crippen molar-refractivity contribution in [2.45, 2.75) is 6.92 Å². The third-order valence-electron chi connectivity index (χ3n) is 3.52. The number of rotatable bonds is 4. The van der Waals surface area contributed by atoms with Crippen molar-refractivity contribution in [2.75, 3.05) is 18.1 Å². The van der Waals surface area contributed by atoms with Gasteiger partial charge < -0.3 is 9.64 Å². The topological polar surface area (TPSA) is 46.6 Å². The van der Waals surface area contributed by atoms with E-state index in [2.05, 4.69) is 0 Å². The SMILES string of the molecule is Cc1ccc2c(c1)C(=O)C(=O)N2CCOc1ccc(Cl)cc1. The molecule has 0 bridgehead atoms. The molecule has 1 amide bonds. The lowest BCUT2D eigenvalue weighted by Gasteiger charge is -2.17. The quantitative estimate of drug-likeness (QED) is 0.814. The molecule has 3 rings (SSSR count). The number of benzene rings is 2. The van der Waals surface area contributed by atoms with E-state index in [4.69, 9.17) is 16.3 Å². The highest BCUT2D eigenvalue weighted by molar-refractivity contribution is 6.52. The molecule has 0 aromatic heterocycles. The van der Waals surface area contributed by atoms with Crippen LogP contribution in [-0.2, 0) is 4.79 Å². The van der Waals surface area contributed by atoms with E-state index in [0.717, 1.165) is 5.56 Å². The molecule has 0 unspecified atom stereocenters. The van der Waals surface area contributed by atoms with Crippen molar-refractivity contribution in [2.24, 2.45) is 0 Å². The zero-order valence-corrected chi connectivity index (χ0v) is 12.8. The number of aryl methyl sites for hydroxylation is 1. The van der Waals surface area contributed by atoms with Gasteiger partial charge >= 0.3 is 0 Å². The van der Waals surface area contributed by atoms with E-state index in [1.807, 2.05) is 13.0 Å². The summed E-state index contributed by atoms with van der Waals surface area (Å²) >= 11 is 5.81. The fraction of sp³-hybridized carbons (Fsp3) is 0.176. The molecular weight excluding hydrogens is 302 g/mol. The van der Waals surface area contributed by atoms with Crippen molar-refractivity contribution in [3.05, 3.63) is 58.6 Å². The highest BCUT2D eigenvalue weighted by atomic mass is 35.5. The van der Waals surface area contributed by atoms with E-state index in [9.17, 15) is 9.59 Å². The van der Waals surface area contributed by atoms with Crippen LogP contribution in [0.1, 0.15) is 15.9 Å². The standard InChI is InChI=1S/C17H14ClNO3/c1-11-2-7-15-14(10-11)16(20)17(21)19(15)8-9-22-13-5-3-12(18)4-6-13/h2-7,10H,8-9H2,1H3. The molecule has 0 saturated carbocycles. The summed E-state index contributed by atoms with van der Waals surface area (Å²) in [5.41, 5.74) is 2.08. The first-order chi connectivity index (χ1) is 10.6. The molecule has 0 spiro atoms. The summed E-state index contributed by atoms with van der Waals surface area (Å²) in [6.07, 6.45) is 0. The number of carbonyl (C=O) groups is 2. The number of anilines is 1. The maximum Gasteiger partial charge on any atom is 0.299 e. The molecule has 0 atom stereocenters. The lowest BCUT2D eigenvalue weighted by Crippen LogP contribution is -2.33. The Bertz CT molecular complexity index is 740. The van der Waals surface area contributed by atoms with Gasteiger partial charge in [0, 0.05) is 5.02 Å². The smallest absolute Gasteiger partial charge is 0.299 e. The number of nitrogens with zero attached hydrogens (tertiary/aromatic N) is 1. The minimum absolute atomic E-state index is 0.300. The number of amides is 1. The fourth-order valence-corrected chi connectivity index (χ4v) is 2.55. The fourth-order valence-electron chi connectivity index (χ4n) is 2.42. The van der Waals surface area contributed by atoms with E-state index in [-0.39, 0.29) is 0 Å². The molecule has 4 nitrogen and oxygen atoms in total. The van der Waals surface area contributed by atoms with Crippen LogP contribution in [0.25, 0.3) is 0 Å². The molecular formula is C17H14ClNO3. The first-order valence-corrected chi connectivity index (χ1v) is 7.29. The van der Waals surface area contributed by atoms with Crippen LogP contribution in [0.15, 0.2) is 42.5 Å². The molecule has 22 heavy (non-hydrogen) atoms. The monoisotopic (exact) mass is 315 g/mol. The highest BCUT2D eigenvalue weighted by Gasteiger charge is 2.35. The number of fused-ring (bicyclic) bond motifs is 1. The molecule has 0 radical (unpaired) electrons. The van der Waals surface area contributed by atoms with Crippen LogP contribution < -0.4 is 9.64 Å². The minimum atomic E-state index is -0.500. The van der Waals surface area contributed by atoms with Gasteiger partial charge in [0.25, 0.3) is 11.7 Å². The molecule has 1 aliphatic rings. The van der Waals surface area contributed by atoms with Gasteiger partial charge in [-0.25, -0.2) is 0 Å². The summed E-state index contributed by atoms with van der Waals surface area (Å²) < 4.78 is 5.58. The Hall–Kier alpha value is -2.33. The number of halogens is 1. The molecule has 1 aliphatic heterocycles. The largest absolute Gasteiger partial charge is 0.492 e. The van der Waals surface area contributed by atoms with Crippen molar-refractivity contribution < 1.29 is 14.3 Å². The third-order valence-corrected chi connectivity index (χ3v) is 3.78. The third kappa shape index (κ3) is 2.70. The first-order valence-electron chi connectivity index (χ1n) is 6.91. The molecule has 0 N–H and O–H groups in total. The minimum Gasteiger partial charge on any atom is -0.492 e. The first kappa shape index (κ1) is 14.6. The summed E-state index contributed by atoms with van der Waals surface area (Å²) in [6, 6.07) is 12.4. The molecule has 2 aromatic rings. The van der Waals surface area contributed by atoms with Gasteiger partial charge in [0.1, 0.15) is 12.4 Å². The van der Waals surface area contributed by atoms with E-state index < -0.39 is 11.7 Å². The average molecular weight is 316 g/mol. The number of ketones is 1. The van der Waals surface area contributed by atoms with Crippen LogP contribution in [0.5, 0.6) is 5.75 Å². The summed E-state index contributed by atoms with van der Waals surface area (Å²) in [6.45, 7) is 2.52. The van der Waals surface area contributed by atoms with Gasteiger partial charge in [-0.05, 0) is 43.3 Å². The number of carbonyl (C=O) groups excluding carboxylic acids is 2. The van der Waals surface area contributed by atoms with E-state index >= 15 is 0 Å². The van der Waals surface area contributed by atoms with Gasteiger partial charge in [0.15, 0.2) is 0 Å². The molecule has 0 saturated heterocycles. The van der Waals surface area contributed by atoms with Gasteiger partial charge in [-0.15, -0.1) is 0 Å². The van der Waals surface area contributed by atoms with Crippen LogP contribution in [0.3, 0.4) is 0 Å². The van der Waals surface area contributed by atoms with Gasteiger partial charge in [0.05, 0.1) is 17.8 Å². The van der Waals surface area contributed by atoms with Crippen molar-refractivity contribution in [1.29, 1.82) is 0 Å². The second-order valence-electron chi connectivity index (χ2n) is 5.11. The Morgan fingerprint density at radius 1 is 1.09 bits per heavy atom. The lowest BCUT2D eigenvalue weighted by molar-refractivity contribution is -0.114. The number of hydrogen-bond donors (Lipinski definition) is 0. The predicted molar refractivity (Wildman–Crippen MR) is 84.8 cm³/mol. The normalized spacial score (nSPS) is 13.5. The number of hydrogen-bond acceptors (Lipinski definition) is 3. The van der Waals surface area contributed by atoms with E-state index in [1.54, 1.807) is 36.4 Å². The molecule has 1 heterocycles. The molecule has 0 fully saturated rings. The predicted octanol–water partition coefficient (Wildman–Crippen LogP) is 3.26. The Labute approximate surface area is 133 Å². The Balaban J connectivity index is 1.69. The maximum absolute atomic E-state index is 12.1.